The van der Waals surface area contributed by atoms with Crippen molar-refractivity contribution in [3.05, 3.63) is 191 Å². The van der Waals surface area contributed by atoms with Gasteiger partial charge in [-0.3, -0.25) is 9.59 Å². The predicted octanol–water partition coefficient (Wildman–Crippen LogP) is 7.70. The van der Waals surface area contributed by atoms with Crippen molar-refractivity contribution in [3.8, 4) is 23.0 Å². The molecule has 0 unspecified atom stereocenters. The maximum absolute atomic E-state index is 14.0. The highest BCUT2D eigenvalue weighted by Gasteiger charge is 2.27. The van der Waals surface area contributed by atoms with Gasteiger partial charge in [-0.1, -0.05) is 133 Å². The highest BCUT2D eigenvalue weighted by molar-refractivity contribution is 6.01. The SMILES string of the molecule is COC(=O)[C@H](CNC(=O)c1cccc(OCc2ccccc2)c1OCc1ccccc1)NC(=O)c1cccc(OCc2ccccc2)c1OCc1ccccc1. The first-order chi connectivity index (χ1) is 27.5. The average molecular weight is 751 g/mol. The van der Waals surface area contributed by atoms with Gasteiger partial charge in [0.05, 0.1) is 18.2 Å². The summed E-state index contributed by atoms with van der Waals surface area (Å²) in [5, 5.41) is 5.50. The molecule has 0 aliphatic rings. The Morgan fingerprint density at radius 2 is 0.839 bits per heavy atom. The second-order valence-corrected chi connectivity index (χ2v) is 12.6. The van der Waals surface area contributed by atoms with E-state index in [-0.39, 0.29) is 55.6 Å². The van der Waals surface area contributed by atoms with Gasteiger partial charge in [-0.2, -0.15) is 0 Å². The van der Waals surface area contributed by atoms with Gasteiger partial charge in [0.2, 0.25) is 0 Å². The zero-order chi connectivity index (χ0) is 39.0. The summed E-state index contributed by atoms with van der Waals surface area (Å²) in [6.07, 6.45) is 0. The van der Waals surface area contributed by atoms with Crippen LogP contribution < -0.4 is 29.6 Å². The summed E-state index contributed by atoms with van der Waals surface area (Å²) in [6.45, 7) is 0.525. The third kappa shape index (κ3) is 10.8. The van der Waals surface area contributed by atoms with Gasteiger partial charge in [-0.05, 0) is 46.5 Å². The Labute approximate surface area is 326 Å². The summed E-state index contributed by atoms with van der Waals surface area (Å²) in [5.41, 5.74) is 3.96. The van der Waals surface area contributed by atoms with Gasteiger partial charge in [-0.15, -0.1) is 0 Å². The number of nitrogens with one attached hydrogen (secondary N) is 2. The lowest BCUT2D eigenvalue weighted by Gasteiger charge is -2.21. The van der Waals surface area contributed by atoms with Gasteiger partial charge >= 0.3 is 5.97 Å². The molecule has 0 heterocycles. The molecule has 10 heteroatoms. The third-order valence-electron chi connectivity index (χ3n) is 8.63. The molecular weight excluding hydrogens is 709 g/mol. The van der Waals surface area contributed by atoms with Crippen molar-refractivity contribution in [2.45, 2.75) is 32.5 Å². The minimum Gasteiger partial charge on any atom is -0.485 e. The number of esters is 1. The molecule has 6 rings (SSSR count). The van der Waals surface area contributed by atoms with Crippen LogP contribution in [-0.4, -0.2) is 37.5 Å². The number of rotatable bonds is 18. The second-order valence-electron chi connectivity index (χ2n) is 12.6. The van der Waals surface area contributed by atoms with E-state index in [1.807, 2.05) is 121 Å². The van der Waals surface area contributed by atoms with Crippen LogP contribution in [0, 0.1) is 0 Å². The summed E-state index contributed by atoms with van der Waals surface area (Å²) >= 11 is 0. The fraction of sp³-hybridized carbons (Fsp3) is 0.152. The van der Waals surface area contributed by atoms with E-state index in [0.29, 0.717) is 11.5 Å². The van der Waals surface area contributed by atoms with Gasteiger partial charge in [0, 0.05) is 6.54 Å². The molecule has 0 fully saturated rings. The summed E-state index contributed by atoms with van der Waals surface area (Å²) in [4.78, 5) is 40.8. The minimum atomic E-state index is -1.27. The van der Waals surface area contributed by atoms with Crippen LogP contribution in [0.1, 0.15) is 43.0 Å². The van der Waals surface area contributed by atoms with Gasteiger partial charge < -0.3 is 34.3 Å². The lowest BCUT2D eigenvalue weighted by molar-refractivity contribution is -0.142. The highest BCUT2D eigenvalue weighted by atomic mass is 16.5. The second kappa shape index (κ2) is 19.8. The number of carbonyl (C=O) groups is 3. The Bertz CT molecular complexity index is 2180. The van der Waals surface area contributed by atoms with Crippen molar-refractivity contribution in [1.29, 1.82) is 0 Å². The first-order valence-electron chi connectivity index (χ1n) is 18.1. The van der Waals surface area contributed by atoms with Gasteiger partial charge in [-0.25, -0.2) is 4.79 Å². The Hall–Kier alpha value is -7.07. The van der Waals surface area contributed by atoms with E-state index >= 15 is 0 Å². The molecule has 0 aromatic heterocycles. The standard InChI is InChI=1S/C46H42N2O8/c1-52-46(51)39(48-45(50)38-25-15-27-41(54-30-34-18-8-3-9-19-34)43(38)56-32-36-22-12-5-13-23-36)28-47-44(49)37-24-14-26-40(53-29-33-16-6-2-7-17-33)42(37)55-31-35-20-10-4-11-21-35/h2-27,39H,28-32H2,1H3,(H,47,49)(H,48,50)/t39-/m0/s1. The molecule has 0 saturated carbocycles. The topological polar surface area (TPSA) is 121 Å². The van der Waals surface area contributed by atoms with Crippen molar-refractivity contribution in [2.24, 2.45) is 0 Å². The molecule has 2 N–H and O–H groups in total. The van der Waals surface area contributed by atoms with Crippen molar-refractivity contribution in [1.82, 2.24) is 10.6 Å². The number of hydrogen-bond acceptors (Lipinski definition) is 8. The third-order valence-corrected chi connectivity index (χ3v) is 8.63. The number of carbonyl (C=O) groups excluding carboxylic acids is 3. The molecule has 6 aromatic rings. The van der Waals surface area contributed by atoms with Crippen LogP contribution in [0.4, 0.5) is 0 Å². The highest BCUT2D eigenvalue weighted by Crippen LogP contribution is 2.34. The van der Waals surface area contributed by atoms with Gasteiger partial charge in [0.1, 0.15) is 32.5 Å². The van der Waals surface area contributed by atoms with Crippen molar-refractivity contribution < 1.29 is 38.1 Å². The summed E-state index contributed by atoms with van der Waals surface area (Å²) in [7, 11) is 1.21. The predicted molar refractivity (Wildman–Crippen MR) is 212 cm³/mol. The average Bonchev–Trinajstić information content (AvgIpc) is 3.25. The van der Waals surface area contributed by atoms with Crippen molar-refractivity contribution in [3.63, 3.8) is 0 Å². The Balaban J connectivity index is 1.20. The summed E-state index contributed by atoms with van der Waals surface area (Å²) in [6, 6.07) is 47.0. The molecule has 2 amide bonds. The molecular formula is C46H42N2O8. The summed E-state index contributed by atoms with van der Waals surface area (Å²) in [5.74, 6) is -0.802. The fourth-order valence-electron chi connectivity index (χ4n) is 5.71. The Morgan fingerprint density at radius 1 is 0.464 bits per heavy atom. The monoisotopic (exact) mass is 750 g/mol. The number of ether oxygens (including phenoxy) is 5. The quantitative estimate of drug-likeness (QED) is 0.0858. The molecule has 10 nitrogen and oxygen atoms in total. The number of hydrogen-bond donors (Lipinski definition) is 2. The molecule has 0 bridgehead atoms. The summed E-state index contributed by atoms with van der Waals surface area (Å²) < 4.78 is 29.7. The molecule has 0 radical (unpaired) electrons. The number of methoxy groups -OCH3 is 1. The van der Waals surface area contributed by atoms with E-state index < -0.39 is 23.8 Å². The first kappa shape index (κ1) is 38.6. The van der Waals surface area contributed by atoms with Crippen LogP contribution in [0.15, 0.2) is 158 Å². The number of benzene rings is 6. The Morgan fingerprint density at radius 3 is 1.23 bits per heavy atom. The fourth-order valence-corrected chi connectivity index (χ4v) is 5.71. The molecule has 0 spiro atoms. The van der Waals surface area contributed by atoms with Crippen LogP contribution in [0.5, 0.6) is 23.0 Å². The minimum absolute atomic E-state index is 0.131. The molecule has 284 valence electrons. The molecule has 56 heavy (non-hydrogen) atoms. The normalized spacial score (nSPS) is 11.1. The maximum Gasteiger partial charge on any atom is 0.330 e. The van der Waals surface area contributed by atoms with Crippen molar-refractivity contribution >= 4 is 17.8 Å². The lowest BCUT2D eigenvalue weighted by atomic mass is 10.1. The van der Waals surface area contributed by atoms with Crippen LogP contribution in [0.25, 0.3) is 0 Å². The van der Waals surface area contributed by atoms with Crippen LogP contribution in [-0.2, 0) is 36.0 Å². The van der Waals surface area contributed by atoms with E-state index in [1.165, 1.54) is 7.11 Å². The molecule has 0 saturated heterocycles. The van der Waals surface area contributed by atoms with Crippen LogP contribution in [0.2, 0.25) is 0 Å². The maximum atomic E-state index is 14.0. The molecule has 0 aliphatic heterocycles. The van der Waals surface area contributed by atoms with Gasteiger partial charge in [0.15, 0.2) is 23.0 Å². The molecule has 6 aromatic carbocycles. The molecule has 1 atom stereocenters. The van der Waals surface area contributed by atoms with E-state index in [4.69, 9.17) is 23.7 Å². The van der Waals surface area contributed by atoms with Crippen LogP contribution >= 0.6 is 0 Å². The smallest absolute Gasteiger partial charge is 0.330 e. The van der Waals surface area contributed by atoms with E-state index in [0.717, 1.165) is 22.3 Å². The Kier molecular flexibility index (Phi) is 13.7. The van der Waals surface area contributed by atoms with Crippen LogP contribution in [0.3, 0.4) is 0 Å². The number of para-hydroxylation sites is 2. The van der Waals surface area contributed by atoms with Gasteiger partial charge in [0.25, 0.3) is 11.8 Å². The number of amides is 2. The van der Waals surface area contributed by atoms with E-state index in [1.54, 1.807) is 36.4 Å². The zero-order valence-corrected chi connectivity index (χ0v) is 30.9. The van der Waals surface area contributed by atoms with E-state index in [2.05, 4.69) is 10.6 Å². The zero-order valence-electron chi connectivity index (χ0n) is 30.9. The van der Waals surface area contributed by atoms with Crippen molar-refractivity contribution in [2.75, 3.05) is 13.7 Å². The lowest BCUT2D eigenvalue weighted by Crippen LogP contribution is -2.49. The molecule has 0 aliphatic carbocycles. The van der Waals surface area contributed by atoms with E-state index in [9.17, 15) is 14.4 Å². The first-order valence-corrected chi connectivity index (χ1v) is 18.1. The largest absolute Gasteiger partial charge is 0.485 e.